The van der Waals surface area contributed by atoms with Gasteiger partial charge in [0.15, 0.2) is 0 Å². The monoisotopic (exact) mass is 566 g/mol. The minimum absolute atomic E-state index is 1.15. The molecule has 0 N–H and O–H groups in total. The number of rotatable bonds is 3. The van der Waals surface area contributed by atoms with Gasteiger partial charge in [0, 0.05) is 20.2 Å². The fourth-order valence-electron chi connectivity index (χ4n) is 7.36. The summed E-state index contributed by atoms with van der Waals surface area (Å²) in [5.74, 6) is 0. The minimum atomic E-state index is 1.15. The van der Waals surface area contributed by atoms with Crippen molar-refractivity contribution in [1.29, 1.82) is 0 Å². The van der Waals surface area contributed by atoms with E-state index in [0.717, 1.165) is 25.7 Å². The topological polar surface area (TPSA) is 0 Å². The van der Waals surface area contributed by atoms with Crippen molar-refractivity contribution in [2.24, 2.45) is 0 Å². The lowest BCUT2D eigenvalue weighted by molar-refractivity contribution is 0.911. The van der Waals surface area contributed by atoms with Crippen molar-refractivity contribution in [3.8, 4) is 33.4 Å². The molecule has 9 rings (SSSR count). The van der Waals surface area contributed by atoms with Crippen molar-refractivity contribution in [3.63, 3.8) is 0 Å². The maximum Gasteiger partial charge on any atom is 0.0433 e. The van der Waals surface area contributed by atoms with E-state index in [9.17, 15) is 0 Å². The molecule has 1 aromatic heterocycles. The average molecular weight is 567 g/mol. The lowest BCUT2D eigenvalue weighted by Gasteiger charge is -2.24. The molecule has 6 aromatic carbocycles. The molecular formula is C42H30S. The molecule has 0 saturated heterocycles. The number of hydrogen-bond donors (Lipinski definition) is 0. The highest BCUT2D eigenvalue weighted by molar-refractivity contribution is 7.26. The fraction of sp³-hybridized carbons (Fsp3) is 0.0952. The van der Waals surface area contributed by atoms with Gasteiger partial charge in [0.25, 0.3) is 0 Å². The molecule has 2 aliphatic carbocycles. The molecule has 0 bridgehead atoms. The molecule has 1 heteroatoms. The number of allylic oxidation sites excluding steroid dienone is 2. The van der Waals surface area contributed by atoms with E-state index in [2.05, 4.69) is 133 Å². The second-order valence-electron chi connectivity index (χ2n) is 11.9. The van der Waals surface area contributed by atoms with Crippen LogP contribution in [0.2, 0.25) is 0 Å². The van der Waals surface area contributed by atoms with E-state index in [4.69, 9.17) is 0 Å². The van der Waals surface area contributed by atoms with Crippen LogP contribution in [0.25, 0.3) is 76.5 Å². The zero-order valence-electron chi connectivity index (χ0n) is 23.9. The zero-order valence-corrected chi connectivity index (χ0v) is 24.8. The molecule has 0 fully saturated rings. The quantitative estimate of drug-likeness (QED) is 0.200. The van der Waals surface area contributed by atoms with Crippen molar-refractivity contribution in [2.45, 2.75) is 25.7 Å². The molecule has 0 atom stereocenters. The van der Waals surface area contributed by atoms with Gasteiger partial charge in [-0.15, -0.1) is 11.3 Å². The van der Waals surface area contributed by atoms with Crippen LogP contribution in [0, 0.1) is 0 Å². The number of hydrogen-bond acceptors (Lipinski definition) is 1. The van der Waals surface area contributed by atoms with Gasteiger partial charge >= 0.3 is 0 Å². The Morgan fingerprint density at radius 3 is 1.81 bits per heavy atom. The molecule has 43 heavy (non-hydrogen) atoms. The summed E-state index contributed by atoms with van der Waals surface area (Å²) in [5.41, 5.74) is 13.7. The van der Waals surface area contributed by atoms with Gasteiger partial charge in [-0.2, -0.15) is 0 Å². The van der Waals surface area contributed by atoms with E-state index < -0.39 is 0 Å². The Morgan fingerprint density at radius 2 is 1.05 bits per heavy atom. The lowest BCUT2D eigenvalue weighted by atomic mass is 9.80. The molecule has 0 nitrogen and oxygen atoms in total. The second-order valence-corrected chi connectivity index (χ2v) is 12.9. The highest BCUT2D eigenvalue weighted by Gasteiger charge is 2.20. The van der Waals surface area contributed by atoms with E-state index in [1.807, 2.05) is 11.3 Å². The summed E-state index contributed by atoms with van der Waals surface area (Å²) >= 11 is 1.89. The van der Waals surface area contributed by atoms with Crippen molar-refractivity contribution in [1.82, 2.24) is 0 Å². The predicted molar refractivity (Wildman–Crippen MR) is 188 cm³/mol. The Bertz CT molecular complexity index is 2290. The molecule has 1 heterocycles. The largest absolute Gasteiger partial charge is 0.135 e. The van der Waals surface area contributed by atoms with E-state index in [-0.39, 0.29) is 0 Å². The van der Waals surface area contributed by atoms with Crippen molar-refractivity contribution >= 4 is 54.4 Å². The Hall–Kier alpha value is -4.72. The summed E-state index contributed by atoms with van der Waals surface area (Å²) in [6.45, 7) is 0. The smallest absolute Gasteiger partial charge is 0.0433 e. The van der Waals surface area contributed by atoms with E-state index >= 15 is 0 Å². The summed E-state index contributed by atoms with van der Waals surface area (Å²) < 4.78 is 2.71. The summed E-state index contributed by atoms with van der Waals surface area (Å²) in [5, 5.41) is 5.46. The fourth-order valence-corrected chi connectivity index (χ4v) is 8.60. The summed E-state index contributed by atoms with van der Waals surface area (Å²) in [4.78, 5) is 0. The van der Waals surface area contributed by atoms with Crippen LogP contribution in [-0.4, -0.2) is 0 Å². The first-order valence-electron chi connectivity index (χ1n) is 15.4. The molecule has 0 radical (unpaired) electrons. The third-order valence-corrected chi connectivity index (χ3v) is 10.6. The minimum Gasteiger partial charge on any atom is -0.135 e. The predicted octanol–water partition coefficient (Wildman–Crippen LogP) is 12.1. The van der Waals surface area contributed by atoms with Gasteiger partial charge in [-0.25, -0.2) is 0 Å². The van der Waals surface area contributed by atoms with Gasteiger partial charge in [-0.3, -0.25) is 0 Å². The lowest BCUT2D eigenvalue weighted by Crippen LogP contribution is -2.07. The molecule has 204 valence electrons. The van der Waals surface area contributed by atoms with Crippen LogP contribution in [0.15, 0.2) is 121 Å². The maximum atomic E-state index is 2.43. The van der Waals surface area contributed by atoms with Gasteiger partial charge in [0.1, 0.15) is 0 Å². The van der Waals surface area contributed by atoms with Gasteiger partial charge in [0.05, 0.1) is 0 Å². The third kappa shape index (κ3) is 4.03. The third-order valence-electron chi connectivity index (χ3n) is 9.41. The van der Waals surface area contributed by atoms with Crippen LogP contribution in [-0.2, 0) is 12.8 Å². The highest BCUT2D eigenvalue weighted by Crippen LogP contribution is 2.42. The Kier molecular flexibility index (Phi) is 5.74. The van der Waals surface area contributed by atoms with Crippen LogP contribution in [0.1, 0.15) is 35.1 Å². The van der Waals surface area contributed by atoms with Gasteiger partial charge in [-0.05, 0) is 116 Å². The van der Waals surface area contributed by atoms with E-state index in [1.54, 1.807) is 11.1 Å². The van der Waals surface area contributed by atoms with Gasteiger partial charge in [-0.1, -0.05) is 109 Å². The van der Waals surface area contributed by atoms with Crippen LogP contribution in [0.5, 0.6) is 0 Å². The van der Waals surface area contributed by atoms with Crippen molar-refractivity contribution in [2.75, 3.05) is 0 Å². The summed E-state index contributed by atoms with van der Waals surface area (Å²) in [6.07, 6.45) is 14.1. The molecule has 0 amide bonds. The first kappa shape index (κ1) is 24.8. The highest BCUT2D eigenvalue weighted by atomic mass is 32.1. The van der Waals surface area contributed by atoms with Crippen LogP contribution in [0.3, 0.4) is 0 Å². The van der Waals surface area contributed by atoms with Crippen molar-refractivity contribution < 1.29 is 0 Å². The molecule has 0 unspecified atom stereocenters. The number of fused-ring (bicyclic) bond motifs is 9. The normalized spacial score (nSPS) is 14.0. The van der Waals surface area contributed by atoms with E-state index in [1.165, 1.54) is 75.5 Å². The van der Waals surface area contributed by atoms with E-state index in [0.29, 0.717) is 0 Å². The first-order valence-corrected chi connectivity index (χ1v) is 16.2. The average Bonchev–Trinajstić information content (AvgIpc) is 3.47. The van der Waals surface area contributed by atoms with Crippen LogP contribution in [0.4, 0.5) is 0 Å². The Labute approximate surface area is 256 Å². The standard InChI is InChI=1S/C42H30S/c1-2-16-35-33(14-1)34-15-3-4-17-36(34)40-26-30(22-23-37(35)40)28-11-7-10-27(24-28)29-12-8-13-31(25-29)32-19-9-20-39-38-18-5-6-21-41(38)43-42(32)39/h2,4-13,16-26H,1,3,14-15H2. The molecule has 7 aromatic rings. The molecule has 0 saturated carbocycles. The van der Waals surface area contributed by atoms with Gasteiger partial charge < -0.3 is 0 Å². The van der Waals surface area contributed by atoms with Crippen molar-refractivity contribution in [3.05, 3.63) is 144 Å². The molecule has 2 aliphatic rings. The maximum absolute atomic E-state index is 2.43. The van der Waals surface area contributed by atoms with Crippen LogP contribution < -0.4 is 0 Å². The number of thiophene rings is 1. The summed E-state index contributed by atoms with van der Waals surface area (Å²) in [6, 6.07) is 40.7. The first-order chi connectivity index (χ1) is 21.3. The Morgan fingerprint density at radius 1 is 0.442 bits per heavy atom. The number of benzene rings is 6. The molecule has 0 aliphatic heterocycles. The summed E-state index contributed by atoms with van der Waals surface area (Å²) in [7, 11) is 0. The Balaban J connectivity index is 1.14. The second kappa shape index (κ2) is 9.93. The zero-order chi connectivity index (χ0) is 28.3. The van der Waals surface area contributed by atoms with Crippen LogP contribution >= 0.6 is 11.3 Å². The van der Waals surface area contributed by atoms with Gasteiger partial charge in [0.2, 0.25) is 0 Å². The molecule has 0 spiro atoms. The molecular weight excluding hydrogens is 537 g/mol. The SMILES string of the molecule is C1=Cc2c(c3c(c4cc(-c5cccc(-c6cccc(-c7cccc8c7sc7ccccc78)c6)c5)ccc24)C=CCC3)CC1.